The molecule has 0 aliphatic heterocycles. The van der Waals surface area contributed by atoms with Crippen LogP contribution in [0.4, 0.5) is 9.52 Å². The van der Waals surface area contributed by atoms with E-state index in [1.807, 2.05) is 31.2 Å². The molecule has 1 heterocycles. The van der Waals surface area contributed by atoms with Crippen molar-refractivity contribution in [3.63, 3.8) is 0 Å². The number of carbonyl (C=O) groups is 2. The van der Waals surface area contributed by atoms with Crippen LogP contribution in [0.5, 0.6) is 0 Å². The van der Waals surface area contributed by atoms with Gasteiger partial charge in [-0.25, -0.2) is 4.39 Å². The Morgan fingerprint density at radius 2 is 1.83 bits per heavy atom. The first-order chi connectivity index (χ1) is 13.8. The van der Waals surface area contributed by atoms with E-state index in [4.69, 9.17) is 0 Å². The van der Waals surface area contributed by atoms with Crippen molar-refractivity contribution in [1.82, 2.24) is 15.5 Å². The zero-order valence-corrected chi connectivity index (χ0v) is 17.1. The topological polar surface area (TPSA) is 84.0 Å². The number of rotatable bonds is 6. The molecule has 2 amide bonds. The number of hydrogen-bond donors (Lipinski definition) is 2. The summed E-state index contributed by atoms with van der Waals surface area (Å²) in [5.74, 6) is -1.93. The molecule has 0 spiro atoms. The zero-order chi connectivity index (χ0) is 21.0. The number of nitrogens with one attached hydrogen (secondary N) is 2. The molecule has 0 saturated heterocycles. The third-order valence-electron chi connectivity index (χ3n) is 4.27. The van der Waals surface area contributed by atoms with Crippen LogP contribution in [-0.4, -0.2) is 28.1 Å². The van der Waals surface area contributed by atoms with Crippen LogP contribution >= 0.6 is 11.3 Å². The van der Waals surface area contributed by atoms with E-state index in [-0.39, 0.29) is 11.5 Å². The van der Waals surface area contributed by atoms with E-state index in [1.54, 1.807) is 19.9 Å². The summed E-state index contributed by atoms with van der Waals surface area (Å²) < 4.78 is 13.9. The van der Waals surface area contributed by atoms with Crippen LogP contribution in [0.2, 0.25) is 0 Å². The van der Waals surface area contributed by atoms with Gasteiger partial charge in [0.25, 0.3) is 5.91 Å². The van der Waals surface area contributed by atoms with Gasteiger partial charge in [-0.2, -0.15) is 0 Å². The minimum Gasteiger partial charge on any atom is -0.340 e. The molecule has 0 radical (unpaired) electrons. The Balaban J connectivity index is 1.72. The van der Waals surface area contributed by atoms with E-state index in [0.29, 0.717) is 10.1 Å². The molecule has 29 heavy (non-hydrogen) atoms. The molecule has 0 fully saturated rings. The molecule has 0 bridgehead atoms. The number of benzene rings is 2. The normalized spacial score (nSPS) is 11.9. The highest BCUT2D eigenvalue weighted by molar-refractivity contribution is 7.18. The largest absolute Gasteiger partial charge is 0.340 e. The molecule has 0 saturated carbocycles. The average molecular weight is 412 g/mol. The lowest BCUT2D eigenvalue weighted by Gasteiger charge is -2.21. The number of hydrogen-bond acceptors (Lipinski definition) is 5. The fourth-order valence-electron chi connectivity index (χ4n) is 2.75. The van der Waals surface area contributed by atoms with Crippen LogP contribution < -0.4 is 10.6 Å². The molecule has 3 rings (SSSR count). The van der Waals surface area contributed by atoms with Crippen molar-refractivity contribution >= 4 is 28.3 Å². The summed E-state index contributed by atoms with van der Waals surface area (Å²) in [6.07, 6.45) is 0. The van der Waals surface area contributed by atoms with Gasteiger partial charge in [0.1, 0.15) is 16.9 Å². The van der Waals surface area contributed by atoms with Crippen molar-refractivity contribution < 1.29 is 14.0 Å². The van der Waals surface area contributed by atoms with E-state index >= 15 is 0 Å². The van der Waals surface area contributed by atoms with Gasteiger partial charge in [-0.05, 0) is 31.0 Å². The molecule has 1 aromatic heterocycles. The standard InChI is InChI=1S/C21H21FN4O2S/c1-12(2)17(23-18(27)15-9-4-5-10-16(15)22)19(28)24-21-26-25-20(29-21)14-8-6-7-13(3)11-14/h4-12,17H,1-3H3,(H,23,27)(H,24,26,28)/t17-/m1/s1. The molecule has 0 aliphatic carbocycles. The quantitative estimate of drug-likeness (QED) is 0.640. The van der Waals surface area contributed by atoms with Crippen molar-refractivity contribution in [3.8, 4) is 10.6 Å². The summed E-state index contributed by atoms with van der Waals surface area (Å²) in [5.41, 5.74) is 1.90. The highest BCUT2D eigenvalue weighted by Crippen LogP contribution is 2.27. The van der Waals surface area contributed by atoms with E-state index in [2.05, 4.69) is 20.8 Å². The Kier molecular flexibility index (Phi) is 6.33. The molecule has 1 atom stereocenters. The van der Waals surface area contributed by atoms with Gasteiger partial charge in [-0.15, -0.1) is 10.2 Å². The molecule has 150 valence electrons. The molecule has 0 unspecified atom stereocenters. The zero-order valence-electron chi connectivity index (χ0n) is 16.3. The predicted octanol–water partition coefficient (Wildman–Crippen LogP) is 4.05. The monoisotopic (exact) mass is 412 g/mol. The third kappa shape index (κ3) is 5.03. The summed E-state index contributed by atoms with van der Waals surface area (Å²) in [7, 11) is 0. The van der Waals surface area contributed by atoms with E-state index in [1.165, 1.54) is 29.5 Å². The lowest BCUT2D eigenvalue weighted by Crippen LogP contribution is -2.47. The Bertz CT molecular complexity index is 1030. The van der Waals surface area contributed by atoms with Gasteiger partial charge in [0.2, 0.25) is 11.0 Å². The fraction of sp³-hybridized carbons (Fsp3) is 0.238. The number of aromatic nitrogens is 2. The second kappa shape index (κ2) is 8.91. The van der Waals surface area contributed by atoms with E-state index < -0.39 is 23.7 Å². The lowest BCUT2D eigenvalue weighted by molar-refractivity contribution is -0.118. The van der Waals surface area contributed by atoms with Crippen LogP contribution in [0, 0.1) is 18.7 Å². The summed E-state index contributed by atoms with van der Waals surface area (Å²) in [6.45, 7) is 5.58. The number of nitrogens with zero attached hydrogens (tertiary/aromatic N) is 2. The number of halogens is 1. The maximum Gasteiger partial charge on any atom is 0.254 e. The SMILES string of the molecule is Cc1cccc(-c2nnc(NC(=O)[C@H](NC(=O)c3ccccc3F)C(C)C)s2)c1. The first-order valence-corrected chi connectivity index (χ1v) is 9.93. The number of aryl methyl sites for hydroxylation is 1. The molecule has 2 N–H and O–H groups in total. The van der Waals surface area contributed by atoms with Gasteiger partial charge >= 0.3 is 0 Å². The molecular formula is C21H21FN4O2S. The van der Waals surface area contributed by atoms with Crippen LogP contribution in [0.25, 0.3) is 10.6 Å². The van der Waals surface area contributed by atoms with E-state index in [0.717, 1.165) is 11.1 Å². The first kappa shape index (κ1) is 20.6. The van der Waals surface area contributed by atoms with Crippen LogP contribution in [-0.2, 0) is 4.79 Å². The number of carbonyl (C=O) groups excluding carboxylic acids is 2. The van der Waals surface area contributed by atoms with Gasteiger partial charge in [-0.1, -0.05) is 61.1 Å². The van der Waals surface area contributed by atoms with Crippen LogP contribution in [0.15, 0.2) is 48.5 Å². The predicted molar refractivity (Wildman–Crippen MR) is 111 cm³/mol. The van der Waals surface area contributed by atoms with Gasteiger partial charge in [0.05, 0.1) is 5.56 Å². The van der Waals surface area contributed by atoms with E-state index in [9.17, 15) is 14.0 Å². The maximum absolute atomic E-state index is 13.9. The van der Waals surface area contributed by atoms with Gasteiger partial charge in [0.15, 0.2) is 0 Å². The Labute approximate surface area is 172 Å². The molecule has 8 heteroatoms. The Morgan fingerprint density at radius 3 is 2.52 bits per heavy atom. The van der Waals surface area contributed by atoms with Crippen molar-refractivity contribution in [1.29, 1.82) is 0 Å². The fourth-order valence-corrected chi connectivity index (χ4v) is 3.49. The highest BCUT2D eigenvalue weighted by atomic mass is 32.1. The van der Waals surface area contributed by atoms with Crippen LogP contribution in [0.3, 0.4) is 0 Å². The molecule has 6 nitrogen and oxygen atoms in total. The third-order valence-corrected chi connectivity index (χ3v) is 5.16. The summed E-state index contributed by atoms with van der Waals surface area (Å²) in [4.78, 5) is 25.1. The number of anilines is 1. The van der Waals surface area contributed by atoms with Crippen molar-refractivity contribution in [2.24, 2.45) is 5.92 Å². The Hall–Kier alpha value is -3.13. The van der Waals surface area contributed by atoms with Crippen molar-refractivity contribution in [3.05, 3.63) is 65.5 Å². The molecule has 2 aromatic carbocycles. The number of amides is 2. The molecule has 3 aromatic rings. The minimum atomic E-state index is -0.853. The maximum atomic E-state index is 13.9. The lowest BCUT2D eigenvalue weighted by atomic mass is 10.0. The minimum absolute atomic E-state index is 0.108. The molecule has 0 aliphatic rings. The Morgan fingerprint density at radius 1 is 1.07 bits per heavy atom. The van der Waals surface area contributed by atoms with Gasteiger partial charge < -0.3 is 5.32 Å². The second-order valence-electron chi connectivity index (χ2n) is 6.95. The van der Waals surface area contributed by atoms with Gasteiger partial charge in [0, 0.05) is 5.56 Å². The van der Waals surface area contributed by atoms with Gasteiger partial charge in [-0.3, -0.25) is 14.9 Å². The first-order valence-electron chi connectivity index (χ1n) is 9.12. The van der Waals surface area contributed by atoms with Crippen molar-refractivity contribution in [2.75, 3.05) is 5.32 Å². The summed E-state index contributed by atoms with van der Waals surface area (Å²) in [5, 5.41) is 14.5. The van der Waals surface area contributed by atoms with Crippen LogP contribution in [0.1, 0.15) is 29.8 Å². The summed E-state index contributed by atoms with van der Waals surface area (Å²) in [6, 6.07) is 12.6. The second-order valence-corrected chi connectivity index (χ2v) is 7.92. The highest BCUT2D eigenvalue weighted by Gasteiger charge is 2.26. The van der Waals surface area contributed by atoms with Crippen molar-refractivity contribution in [2.45, 2.75) is 26.8 Å². The average Bonchev–Trinajstić information content (AvgIpc) is 3.14. The molecular weight excluding hydrogens is 391 g/mol. The smallest absolute Gasteiger partial charge is 0.254 e. The summed E-state index contributed by atoms with van der Waals surface area (Å²) >= 11 is 1.24.